The molecule has 2 aliphatic rings. The van der Waals surface area contributed by atoms with Crippen LogP contribution in [0, 0.1) is 11.7 Å². The van der Waals surface area contributed by atoms with E-state index in [0.717, 1.165) is 12.1 Å². The van der Waals surface area contributed by atoms with Crippen LogP contribution in [0.15, 0.2) is 52.0 Å². The van der Waals surface area contributed by atoms with Crippen LogP contribution < -0.4 is 0 Å². The van der Waals surface area contributed by atoms with Crippen molar-refractivity contribution in [3.05, 3.63) is 54.2 Å². The van der Waals surface area contributed by atoms with E-state index in [9.17, 15) is 22.4 Å². The summed E-state index contributed by atoms with van der Waals surface area (Å²) in [7, 11) is -3.79. The number of sulfonamides is 1. The van der Waals surface area contributed by atoms with Gasteiger partial charge in [-0.25, -0.2) is 12.8 Å². The van der Waals surface area contributed by atoms with Gasteiger partial charge in [-0.05, 0) is 49.2 Å². The fraction of sp³-hybridized carbons (Fsp3) is 0.429. The minimum atomic E-state index is -3.79. The van der Waals surface area contributed by atoms with Gasteiger partial charge in [0, 0.05) is 39.3 Å². The van der Waals surface area contributed by atoms with Crippen LogP contribution in [-0.2, 0) is 14.8 Å². The molecule has 2 saturated heterocycles. The predicted octanol–water partition coefficient (Wildman–Crippen LogP) is 1.80. The number of nitrogens with zero attached hydrogens (tertiary/aromatic N) is 3. The Labute approximate surface area is 180 Å². The standard InChI is InChI=1S/C21H24FN3O5S/c22-17-5-7-18(8-6-17)31(28,29)25-9-1-3-16(15-25)20(26)23-10-12-24(13-11-23)21(27)19-4-2-14-30-19/h2,4-8,14,16H,1,3,9-13,15H2. The molecule has 0 radical (unpaired) electrons. The van der Waals surface area contributed by atoms with Crippen molar-refractivity contribution in [2.24, 2.45) is 5.92 Å². The molecule has 0 aliphatic carbocycles. The molecule has 1 aromatic heterocycles. The molecule has 4 rings (SSSR count). The number of benzene rings is 1. The van der Waals surface area contributed by atoms with Gasteiger partial charge in [0.05, 0.1) is 17.1 Å². The number of piperidine rings is 1. The van der Waals surface area contributed by atoms with Gasteiger partial charge in [-0.3, -0.25) is 9.59 Å². The van der Waals surface area contributed by atoms with Crippen molar-refractivity contribution < 1.29 is 26.8 Å². The van der Waals surface area contributed by atoms with E-state index in [1.165, 1.54) is 22.7 Å². The van der Waals surface area contributed by atoms with Crippen molar-refractivity contribution in [2.75, 3.05) is 39.3 Å². The van der Waals surface area contributed by atoms with E-state index in [1.54, 1.807) is 21.9 Å². The van der Waals surface area contributed by atoms with Crippen molar-refractivity contribution in [3.8, 4) is 0 Å². The van der Waals surface area contributed by atoms with Crippen LogP contribution in [0.25, 0.3) is 0 Å². The summed E-state index contributed by atoms with van der Waals surface area (Å²) in [6.07, 6.45) is 2.63. The van der Waals surface area contributed by atoms with Gasteiger partial charge < -0.3 is 14.2 Å². The predicted molar refractivity (Wildman–Crippen MR) is 109 cm³/mol. The highest BCUT2D eigenvalue weighted by molar-refractivity contribution is 7.89. The van der Waals surface area contributed by atoms with E-state index < -0.39 is 21.8 Å². The van der Waals surface area contributed by atoms with Crippen LogP contribution in [0.2, 0.25) is 0 Å². The van der Waals surface area contributed by atoms with Crippen LogP contribution in [0.1, 0.15) is 23.4 Å². The van der Waals surface area contributed by atoms with Crippen molar-refractivity contribution in [2.45, 2.75) is 17.7 Å². The summed E-state index contributed by atoms with van der Waals surface area (Å²) in [6, 6.07) is 7.97. The van der Waals surface area contributed by atoms with Crippen LogP contribution in [-0.4, -0.2) is 73.6 Å². The third-order valence-corrected chi connectivity index (χ3v) is 7.67. The largest absolute Gasteiger partial charge is 0.459 e. The third-order valence-electron chi connectivity index (χ3n) is 5.80. The lowest BCUT2D eigenvalue weighted by molar-refractivity contribution is -0.138. The summed E-state index contributed by atoms with van der Waals surface area (Å²) in [5, 5.41) is 0. The zero-order valence-corrected chi connectivity index (χ0v) is 17.8. The van der Waals surface area contributed by atoms with Crippen LogP contribution in [0.4, 0.5) is 4.39 Å². The number of amides is 2. The van der Waals surface area contributed by atoms with Gasteiger partial charge in [-0.1, -0.05) is 0 Å². The van der Waals surface area contributed by atoms with Gasteiger partial charge >= 0.3 is 0 Å². The Hall–Kier alpha value is -2.72. The van der Waals surface area contributed by atoms with Crippen molar-refractivity contribution >= 4 is 21.8 Å². The number of carbonyl (C=O) groups excluding carboxylic acids is 2. The lowest BCUT2D eigenvalue weighted by Crippen LogP contribution is -2.54. The van der Waals surface area contributed by atoms with Gasteiger partial charge in [0.25, 0.3) is 5.91 Å². The summed E-state index contributed by atoms with van der Waals surface area (Å²) in [5.74, 6) is -0.962. The molecule has 2 fully saturated rings. The molecule has 1 unspecified atom stereocenters. The first-order valence-corrected chi connectivity index (χ1v) is 11.7. The second kappa shape index (κ2) is 8.80. The number of furan rings is 1. The van der Waals surface area contributed by atoms with Crippen LogP contribution in [0.3, 0.4) is 0 Å². The number of hydrogen-bond donors (Lipinski definition) is 0. The third kappa shape index (κ3) is 4.49. The maximum absolute atomic E-state index is 13.2. The lowest BCUT2D eigenvalue weighted by atomic mass is 9.97. The first-order chi connectivity index (χ1) is 14.9. The Morgan fingerprint density at radius 2 is 1.65 bits per heavy atom. The first-order valence-electron chi connectivity index (χ1n) is 10.2. The zero-order valence-electron chi connectivity index (χ0n) is 16.9. The summed E-state index contributed by atoms with van der Waals surface area (Å²) >= 11 is 0. The molecule has 2 aliphatic heterocycles. The molecule has 0 saturated carbocycles. The van der Waals surface area contributed by atoms with Crippen LogP contribution >= 0.6 is 0 Å². The fourth-order valence-electron chi connectivity index (χ4n) is 4.06. The normalized spacial score (nSPS) is 20.6. The highest BCUT2D eigenvalue weighted by Gasteiger charge is 2.36. The minimum absolute atomic E-state index is 0.0204. The molecule has 2 aromatic rings. The number of rotatable bonds is 4. The Balaban J connectivity index is 1.37. The Morgan fingerprint density at radius 1 is 0.968 bits per heavy atom. The molecule has 2 amide bonds. The monoisotopic (exact) mass is 449 g/mol. The van der Waals surface area contributed by atoms with Gasteiger partial charge in [-0.2, -0.15) is 4.31 Å². The number of carbonyl (C=O) groups is 2. The number of hydrogen-bond acceptors (Lipinski definition) is 5. The summed E-state index contributed by atoms with van der Waals surface area (Å²) in [4.78, 5) is 28.8. The Bertz CT molecular complexity index is 1030. The molecular formula is C21H24FN3O5S. The van der Waals surface area contributed by atoms with Crippen molar-refractivity contribution in [3.63, 3.8) is 0 Å². The maximum atomic E-state index is 13.2. The van der Waals surface area contributed by atoms with Gasteiger partial charge in [-0.15, -0.1) is 0 Å². The lowest BCUT2D eigenvalue weighted by Gasteiger charge is -2.38. The number of piperazine rings is 1. The molecule has 166 valence electrons. The van der Waals surface area contributed by atoms with Gasteiger partial charge in [0.1, 0.15) is 5.82 Å². The van der Waals surface area contributed by atoms with E-state index in [1.807, 2.05) is 0 Å². The van der Waals surface area contributed by atoms with E-state index in [-0.39, 0.29) is 29.0 Å². The van der Waals surface area contributed by atoms with E-state index >= 15 is 0 Å². The first kappa shape index (κ1) is 21.5. The second-order valence-corrected chi connectivity index (χ2v) is 9.69. The smallest absolute Gasteiger partial charge is 0.289 e. The molecule has 0 spiro atoms. The highest BCUT2D eigenvalue weighted by atomic mass is 32.2. The number of halogens is 1. The average Bonchev–Trinajstić information content (AvgIpc) is 3.34. The maximum Gasteiger partial charge on any atom is 0.289 e. The van der Waals surface area contributed by atoms with Crippen molar-refractivity contribution in [1.29, 1.82) is 0 Å². The van der Waals surface area contributed by atoms with E-state index in [0.29, 0.717) is 45.6 Å². The van der Waals surface area contributed by atoms with E-state index in [4.69, 9.17) is 4.42 Å². The molecule has 10 heteroatoms. The molecule has 3 heterocycles. The topological polar surface area (TPSA) is 91.1 Å². The quantitative estimate of drug-likeness (QED) is 0.710. The molecular weight excluding hydrogens is 425 g/mol. The summed E-state index contributed by atoms with van der Waals surface area (Å²) in [6.45, 7) is 2.02. The summed E-state index contributed by atoms with van der Waals surface area (Å²) < 4.78 is 45.4. The zero-order chi connectivity index (χ0) is 22.0. The van der Waals surface area contributed by atoms with E-state index in [2.05, 4.69) is 0 Å². The highest BCUT2D eigenvalue weighted by Crippen LogP contribution is 2.25. The molecule has 0 bridgehead atoms. The minimum Gasteiger partial charge on any atom is -0.459 e. The Kier molecular flexibility index (Phi) is 6.10. The molecule has 0 N–H and O–H groups in total. The SMILES string of the molecule is O=C(c1ccco1)N1CCN(C(=O)C2CCCN(S(=O)(=O)c3ccc(F)cc3)C2)CC1. The average molecular weight is 450 g/mol. The van der Waals surface area contributed by atoms with Crippen LogP contribution in [0.5, 0.6) is 0 Å². The molecule has 1 atom stereocenters. The van der Waals surface area contributed by atoms with Gasteiger partial charge in [0.15, 0.2) is 5.76 Å². The molecule has 31 heavy (non-hydrogen) atoms. The second-order valence-electron chi connectivity index (χ2n) is 7.75. The fourth-order valence-corrected chi connectivity index (χ4v) is 5.59. The molecule has 8 nitrogen and oxygen atoms in total. The molecule has 1 aromatic carbocycles. The summed E-state index contributed by atoms with van der Waals surface area (Å²) in [5.41, 5.74) is 0. The van der Waals surface area contributed by atoms with Gasteiger partial charge in [0.2, 0.25) is 15.9 Å². The Morgan fingerprint density at radius 3 is 2.29 bits per heavy atom. The van der Waals surface area contributed by atoms with Crippen molar-refractivity contribution in [1.82, 2.24) is 14.1 Å².